The minimum atomic E-state index is 0.282. The van der Waals surface area contributed by atoms with Gasteiger partial charge in [-0.2, -0.15) is 5.10 Å². The summed E-state index contributed by atoms with van der Waals surface area (Å²) in [6.07, 6.45) is 2.60. The Balaban J connectivity index is 1.38. The van der Waals surface area contributed by atoms with Crippen LogP contribution in [0.25, 0.3) is 0 Å². The standard InChI is InChI=1S/C27H36N8O2S/c1-18-16-23(33-32-18)29-25-24(37-3)26(35-14-12-34(13-15-35)11-10-28-2)31-27(30-25)38-21-8-4-19(5-9-21)17-22(36)20-6-7-20/h4-5,8-9,16,20,28H,6-7,10-15,17H2,1-3H3,(H2,29,30,31,32,33). The van der Waals surface area contributed by atoms with Gasteiger partial charge in [0.2, 0.25) is 5.75 Å². The molecule has 202 valence electrons. The molecule has 0 unspecified atom stereocenters. The number of piperazine rings is 1. The van der Waals surface area contributed by atoms with Crippen LogP contribution in [0.2, 0.25) is 0 Å². The number of rotatable bonds is 12. The molecule has 5 rings (SSSR count). The first-order chi connectivity index (χ1) is 18.5. The number of nitrogens with one attached hydrogen (secondary N) is 3. The van der Waals surface area contributed by atoms with E-state index in [9.17, 15) is 4.79 Å². The van der Waals surface area contributed by atoms with E-state index in [0.717, 1.165) is 74.1 Å². The molecule has 1 aliphatic carbocycles. The van der Waals surface area contributed by atoms with Gasteiger partial charge in [0.15, 0.2) is 22.6 Å². The number of aryl methyl sites for hydroxylation is 1. The molecule has 0 spiro atoms. The van der Waals surface area contributed by atoms with Gasteiger partial charge < -0.3 is 20.3 Å². The van der Waals surface area contributed by atoms with E-state index in [2.05, 4.69) is 30.6 Å². The number of aromatic amines is 1. The Kier molecular flexibility index (Phi) is 8.45. The second-order valence-corrected chi connectivity index (χ2v) is 10.9. The Bertz CT molecular complexity index is 1240. The molecule has 1 aromatic carbocycles. The first kappa shape index (κ1) is 26.5. The zero-order valence-corrected chi connectivity index (χ0v) is 23.1. The van der Waals surface area contributed by atoms with Crippen molar-refractivity contribution in [2.45, 2.75) is 36.2 Å². The molecule has 2 aromatic heterocycles. The smallest absolute Gasteiger partial charge is 0.204 e. The van der Waals surface area contributed by atoms with Gasteiger partial charge in [0.25, 0.3) is 0 Å². The van der Waals surface area contributed by atoms with Gasteiger partial charge in [-0.15, -0.1) is 0 Å². The van der Waals surface area contributed by atoms with Crippen LogP contribution in [-0.2, 0) is 11.2 Å². The molecule has 1 saturated heterocycles. The number of nitrogens with zero attached hydrogens (tertiary/aromatic N) is 5. The van der Waals surface area contributed by atoms with Crippen molar-refractivity contribution in [3.63, 3.8) is 0 Å². The largest absolute Gasteiger partial charge is 0.490 e. The van der Waals surface area contributed by atoms with Crippen molar-refractivity contribution in [2.24, 2.45) is 5.92 Å². The average Bonchev–Trinajstić information content (AvgIpc) is 3.70. The van der Waals surface area contributed by atoms with Crippen molar-refractivity contribution in [1.29, 1.82) is 0 Å². The topological polar surface area (TPSA) is 111 Å². The number of ketones is 1. The predicted octanol–water partition coefficient (Wildman–Crippen LogP) is 3.27. The molecule has 3 heterocycles. The third-order valence-electron chi connectivity index (χ3n) is 6.88. The Morgan fingerprint density at radius 3 is 2.55 bits per heavy atom. The van der Waals surface area contributed by atoms with E-state index in [4.69, 9.17) is 14.7 Å². The fourth-order valence-electron chi connectivity index (χ4n) is 4.54. The van der Waals surface area contributed by atoms with Crippen LogP contribution in [0.5, 0.6) is 5.75 Å². The van der Waals surface area contributed by atoms with E-state index < -0.39 is 0 Å². The molecule has 0 amide bonds. The van der Waals surface area contributed by atoms with Gasteiger partial charge in [-0.25, -0.2) is 9.97 Å². The van der Waals surface area contributed by atoms with Gasteiger partial charge >= 0.3 is 0 Å². The maximum atomic E-state index is 12.2. The second kappa shape index (κ2) is 12.1. The van der Waals surface area contributed by atoms with Crippen LogP contribution >= 0.6 is 11.8 Å². The predicted molar refractivity (Wildman–Crippen MR) is 150 cm³/mol. The Morgan fingerprint density at radius 1 is 1.16 bits per heavy atom. The highest BCUT2D eigenvalue weighted by Gasteiger charge is 2.29. The number of methoxy groups -OCH3 is 1. The van der Waals surface area contributed by atoms with Crippen molar-refractivity contribution < 1.29 is 9.53 Å². The van der Waals surface area contributed by atoms with Crippen LogP contribution in [0.15, 0.2) is 40.4 Å². The lowest BCUT2D eigenvalue weighted by atomic mass is 10.1. The van der Waals surface area contributed by atoms with Crippen LogP contribution < -0.4 is 20.3 Å². The molecule has 3 N–H and O–H groups in total. The summed E-state index contributed by atoms with van der Waals surface area (Å²) in [6, 6.07) is 10.1. The summed E-state index contributed by atoms with van der Waals surface area (Å²) in [5, 5.41) is 14.4. The summed E-state index contributed by atoms with van der Waals surface area (Å²) in [4.78, 5) is 27.7. The number of Topliss-reactive ketones (excluding diaryl/α,β-unsaturated/α-hetero) is 1. The maximum absolute atomic E-state index is 12.2. The molecule has 38 heavy (non-hydrogen) atoms. The molecule has 1 saturated carbocycles. The van der Waals surface area contributed by atoms with E-state index in [0.29, 0.717) is 34.7 Å². The monoisotopic (exact) mass is 536 g/mol. The van der Waals surface area contributed by atoms with E-state index in [1.54, 1.807) is 7.11 Å². The molecule has 10 nitrogen and oxygen atoms in total. The number of carbonyl (C=O) groups excluding carboxylic acids is 1. The van der Waals surface area contributed by atoms with E-state index >= 15 is 0 Å². The lowest BCUT2D eigenvalue weighted by Gasteiger charge is -2.36. The number of H-pyrrole nitrogens is 1. The molecule has 1 aliphatic heterocycles. The van der Waals surface area contributed by atoms with Crippen LogP contribution in [0, 0.1) is 12.8 Å². The number of benzene rings is 1. The van der Waals surface area contributed by atoms with Gasteiger partial charge in [0.1, 0.15) is 5.78 Å². The van der Waals surface area contributed by atoms with Crippen molar-refractivity contribution >= 4 is 35.0 Å². The third kappa shape index (κ3) is 6.64. The van der Waals surface area contributed by atoms with Crippen molar-refractivity contribution in [1.82, 2.24) is 30.4 Å². The second-order valence-electron chi connectivity index (χ2n) is 9.87. The quantitative estimate of drug-likeness (QED) is 0.298. The van der Waals surface area contributed by atoms with Gasteiger partial charge in [0, 0.05) is 68.3 Å². The summed E-state index contributed by atoms with van der Waals surface area (Å²) in [7, 11) is 3.64. The number of carbonyl (C=O) groups is 1. The third-order valence-corrected chi connectivity index (χ3v) is 7.75. The number of ether oxygens (including phenoxy) is 1. The lowest BCUT2D eigenvalue weighted by molar-refractivity contribution is -0.119. The Morgan fingerprint density at radius 2 is 1.92 bits per heavy atom. The fourth-order valence-corrected chi connectivity index (χ4v) is 5.29. The van der Waals surface area contributed by atoms with Crippen molar-refractivity contribution in [3.8, 4) is 5.75 Å². The van der Waals surface area contributed by atoms with Gasteiger partial charge in [-0.05, 0) is 56.3 Å². The Hall–Kier alpha value is -3.15. The molecule has 2 fully saturated rings. The normalized spacial score (nSPS) is 16.0. The molecular weight excluding hydrogens is 500 g/mol. The number of aromatic nitrogens is 4. The summed E-state index contributed by atoms with van der Waals surface area (Å²) in [5.74, 6) is 3.26. The highest BCUT2D eigenvalue weighted by molar-refractivity contribution is 7.99. The van der Waals surface area contributed by atoms with Crippen LogP contribution in [-0.4, -0.2) is 84.3 Å². The minimum absolute atomic E-state index is 0.282. The molecule has 0 radical (unpaired) electrons. The van der Waals surface area contributed by atoms with Crippen LogP contribution in [0.3, 0.4) is 0 Å². The number of anilines is 3. The zero-order chi connectivity index (χ0) is 26.5. The highest BCUT2D eigenvalue weighted by Crippen LogP contribution is 2.38. The molecule has 11 heteroatoms. The number of hydrogen-bond donors (Lipinski definition) is 3. The zero-order valence-electron chi connectivity index (χ0n) is 22.3. The Labute approximate surface area is 227 Å². The van der Waals surface area contributed by atoms with Crippen molar-refractivity contribution in [3.05, 3.63) is 41.6 Å². The molecule has 0 bridgehead atoms. The van der Waals surface area contributed by atoms with E-state index in [-0.39, 0.29) is 5.92 Å². The first-order valence-electron chi connectivity index (χ1n) is 13.2. The average molecular weight is 537 g/mol. The van der Waals surface area contributed by atoms with E-state index in [1.807, 2.05) is 44.3 Å². The molecule has 3 aromatic rings. The maximum Gasteiger partial charge on any atom is 0.204 e. The molecule has 0 atom stereocenters. The number of hydrogen-bond acceptors (Lipinski definition) is 10. The minimum Gasteiger partial charge on any atom is -0.490 e. The van der Waals surface area contributed by atoms with Crippen LogP contribution in [0.1, 0.15) is 24.1 Å². The molecule has 2 aliphatic rings. The highest BCUT2D eigenvalue weighted by atomic mass is 32.2. The number of likely N-dealkylation sites (N-methyl/N-ethyl adjacent to an activating group) is 1. The molecular formula is C27H36N8O2S. The summed E-state index contributed by atoms with van der Waals surface area (Å²) < 4.78 is 5.85. The summed E-state index contributed by atoms with van der Waals surface area (Å²) in [5.41, 5.74) is 2.00. The lowest BCUT2D eigenvalue weighted by Crippen LogP contribution is -2.48. The fraction of sp³-hybridized carbons (Fsp3) is 0.481. The van der Waals surface area contributed by atoms with Crippen LogP contribution in [0.4, 0.5) is 17.5 Å². The van der Waals surface area contributed by atoms with E-state index in [1.165, 1.54) is 11.8 Å². The van der Waals surface area contributed by atoms with Gasteiger partial charge in [0.05, 0.1) is 7.11 Å². The summed E-state index contributed by atoms with van der Waals surface area (Å²) >= 11 is 1.50. The van der Waals surface area contributed by atoms with Gasteiger partial charge in [-0.3, -0.25) is 14.8 Å². The van der Waals surface area contributed by atoms with Gasteiger partial charge in [-0.1, -0.05) is 12.1 Å². The first-order valence-corrected chi connectivity index (χ1v) is 14.0. The SMILES string of the molecule is CNCCN1CCN(c2nc(Sc3ccc(CC(=O)C4CC4)cc3)nc(Nc3cc(C)[nH]n3)c2OC)CC1. The summed E-state index contributed by atoms with van der Waals surface area (Å²) in [6.45, 7) is 7.58. The van der Waals surface area contributed by atoms with Crippen molar-refractivity contribution in [2.75, 3.05) is 63.6 Å².